The number of ether oxygens (including phenoxy) is 1. The molecule has 0 aliphatic carbocycles. The fourth-order valence-corrected chi connectivity index (χ4v) is 5.29. The summed E-state index contributed by atoms with van der Waals surface area (Å²) in [5.74, 6) is 0.212. The number of hydrogen-bond donors (Lipinski definition) is 2. The van der Waals surface area contributed by atoms with Gasteiger partial charge in [-0.05, 0) is 72.9 Å². The second kappa shape index (κ2) is 11.3. The molecule has 0 saturated carbocycles. The number of esters is 1. The molecule has 9 heteroatoms. The van der Waals surface area contributed by atoms with E-state index in [1.54, 1.807) is 24.3 Å². The van der Waals surface area contributed by atoms with Crippen LogP contribution in [0.15, 0.2) is 71.1 Å². The van der Waals surface area contributed by atoms with Crippen molar-refractivity contribution in [1.29, 1.82) is 0 Å². The van der Waals surface area contributed by atoms with E-state index in [9.17, 15) is 9.59 Å². The summed E-state index contributed by atoms with van der Waals surface area (Å²) in [6.45, 7) is 4.11. The third-order valence-corrected chi connectivity index (χ3v) is 7.50. The number of aromatic amines is 1. The average molecular weight is 560 g/mol. The Hall–Kier alpha value is -5.31. The minimum Gasteiger partial charge on any atom is -0.465 e. The minimum absolute atomic E-state index is 0.121. The first-order valence-corrected chi connectivity index (χ1v) is 13.7. The third kappa shape index (κ3) is 5.12. The summed E-state index contributed by atoms with van der Waals surface area (Å²) in [6, 6.07) is 20.5. The summed E-state index contributed by atoms with van der Waals surface area (Å²) in [5, 5.41) is 19.3. The molecule has 3 heterocycles. The van der Waals surface area contributed by atoms with Crippen LogP contribution in [0.25, 0.3) is 34.7 Å². The van der Waals surface area contributed by atoms with Gasteiger partial charge in [-0.2, -0.15) is 5.10 Å². The lowest BCUT2D eigenvalue weighted by Crippen LogP contribution is -2.36. The molecule has 9 nitrogen and oxygen atoms in total. The predicted octanol–water partition coefficient (Wildman–Crippen LogP) is 5.98. The van der Waals surface area contributed by atoms with Crippen molar-refractivity contribution in [1.82, 2.24) is 25.7 Å². The highest BCUT2D eigenvalue weighted by Crippen LogP contribution is 2.36. The third-order valence-electron chi connectivity index (χ3n) is 7.50. The second-order valence-electron chi connectivity index (χ2n) is 10.1. The molecule has 1 amide bonds. The molecule has 1 aliphatic rings. The Kier molecular flexibility index (Phi) is 7.23. The topological polar surface area (TPSA) is 123 Å². The zero-order valence-electron chi connectivity index (χ0n) is 23.5. The fraction of sp³-hybridized carbons (Fsp3) is 0.182. The Morgan fingerprint density at radius 3 is 2.52 bits per heavy atom. The molecule has 3 aromatic carbocycles. The number of H-pyrrole nitrogens is 1. The first-order chi connectivity index (χ1) is 20.4. The highest BCUT2D eigenvalue weighted by Gasteiger charge is 2.30. The summed E-state index contributed by atoms with van der Waals surface area (Å²) in [6.07, 6.45) is 4.96. The first-order valence-electron chi connectivity index (χ1n) is 13.7. The van der Waals surface area contributed by atoms with Gasteiger partial charge < -0.3 is 14.5 Å². The van der Waals surface area contributed by atoms with Gasteiger partial charge in [0.2, 0.25) is 11.8 Å². The number of methoxy groups -OCH3 is 1. The van der Waals surface area contributed by atoms with Crippen molar-refractivity contribution in [2.24, 2.45) is 0 Å². The number of aryl methyl sites for hydroxylation is 2. The number of nitrogens with one attached hydrogen (secondary N) is 2. The summed E-state index contributed by atoms with van der Waals surface area (Å²) in [5.41, 5.74) is 8.30. The van der Waals surface area contributed by atoms with Gasteiger partial charge in [-0.3, -0.25) is 9.89 Å². The number of amides is 1. The first kappa shape index (κ1) is 26.9. The molecule has 0 bridgehead atoms. The number of fused-ring (bicyclic) bond motifs is 1. The summed E-state index contributed by atoms with van der Waals surface area (Å²) in [4.78, 5) is 25.2. The van der Waals surface area contributed by atoms with Crippen LogP contribution in [-0.2, 0) is 17.6 Å². The molecule has 0 fully saturated rings. The minimum atomic E-state index is -0.418. The van der Waals surface area contributed by atoms with Crippen LogP contribution in [0.1, 0.15) is 67.7 Å². The highest BCUT2D eigenvalue weighted by atomic mass is 16.5. The van der Waals surface area contributed by atoms with Crippen molar-refractivity contribution in [3.05, 3.63) is 112 Å². The van der Waals surface area contributed by atoms with Gasteiger partial charge in [-0.15, -0.1) is 10.2 Å². The lowest BCUT2D eigenvalue weighted by Gasteiger charge is -2.27. The van der Waals surface area contributed by atoms with E-state index in [-0.39, 0.29) is 11.9 Å². The number of aromatic nitrogens is 4. The van der Waals surface area contributed by atoms with Crippen LogP contribution in [0.2, 0.25) is 0 Å². The van der Waals surface area contributed by atoms with Gasteiger partial charge in [0, 0.05) is 22.8 Å². The van der Waals surface area contributed by atoms with Crippen LogP contribution in [0, 0.1) is 6.92 Å². The Balaban J connectivity index is 1.38. The molecular formula is C33H29N5O4. The Labute approximate surface area is 242 Å². The number of carbonyl (C=O) groups is 2. The van der Waals surface area contributed by atoms with E-state index in [1.807, 2.05) is 55.5 Å². The Morgan fingerprint density at radius 2 is 1.79 bits per heavy atom. The van der Waals surface area contributed by atoms with Crippen molar-refractivity contribution in [2.75, 3.05) is 7.11 Å². The van der Waals surface area contributed by atoms with Gasteiger partial charge in [0.25, 0.3) is 5.91 Å². The molecule has 42 heavy (non-hydrogen) atoms. The predicted molar refractivity (Wildman–Crippen MR) is 158 cm³/mol. The molecule has 1 aliphatic heterocycles. The molecule has 5 aromatic rings. The van der Waals surface area contributed by atoms with Crippen molar-refractivity contribution in [2.45, 2.75) is 32.7 Å². The number of benzene rings is 3. The van der Waals surface area contributed by atoms with Crippen molar-refractivity contribution < 1.29 is 18.7 Å². The van der Waals surface area contributed by atoms with Crippen LogP contribution in [-0.4, -0.2) is 39.4 Å². The Bertz CT molecular complexity index is 1800. The smallest absolute Gasteiger partial charge is 0.337 e. The van der Waals surface area contributed by atoms with E-state index >= 15 is 0 Å². The summed E-state index contributed by atoms with van der Waals surface area (Å²) >= 11 is 0. The largest absolute Gasteiger partial charge is 0.465 e. The molecular weight excluding hydrogens is 530 g/mol. The molecule has 2 aromatic heterocycles. The van der Waals surface area contributed by atoms with Crippen LogP contribution in [0.3, 0.4) is 0 Å². The molecule has 1 unspecified atom stereocenters. The quantitative estimate of drug-likeness (QED) is 0.235. The van der Waals surface area contributed by atoms with Crippen molar-refractivity contribution in [3.63, 3.8) is 0 Å². The summed E-state index contributed by atoms with van der Waals surface area (Å²) < 4.78 is 10.7. The normalized spacial score (nSPS) is 14.5. The van der Waals surface area contributed by atoms with Crippen LogP contribution < -0.4 is 5.32 Å². The maximum absolute atomic E-state index is 13.2. The zero-order valence-corrected chi connectivity index (χ0v) is 23.5. The van der Waals surface area contributed by atoms with Crippen LogP contribution >= 0.6 is 0 Å². The number of rotatable bonds is 7. The standard InChI is InChI=1S/C33H29N5O4/c1-4-20-6-5-7-24-25(20)18-27(34-31(24)39)30-29(21-12-14-23(15-13-21)33(40)41-3)26(35-37-30)16-17-28-36-38-32(42-28)22-10-8-19(2)9-11-22/h5-17,27H,4,18H2,1-3H3,(H,34,39)(H,35,37)/b17-16+. The second-order valence-corrected chi connectivity index (χ2v) is 10.1. The maximum Gasteiger partial charge on any atom is 0.337 e. The van der Waals surface area contributed by atoms with Gasteiger partial charge in [0.15, 0.2) is 0 Å². The molecule has 6 rings (SSSR count). The van der Waals surface area contributed by atoms with E-state index in [0.29, 0.717) is 35.0 Å². The molecule has 0 saturated heterocycles. The molecule has 0 spiro atoms. The zero-order chi connectivity index (χ0) is 29.2. The number of carbonyl (C=O) groups excluding carboxylic acids is 2. The molecule has 0 radical (unpaired) electrons. The molecule has 210 valence electrons. The molecule has 2 N–H and O–H groups in total. The van der Waals surface area contributed by atoms with Gasteiger partial charge in [-0.25, -0.2) is 4.79 Å². The number of nitrogens with zero attached hydrogens (tertiary/aromatic N) is 3. The van der Waals surface area contributed by atoms with E-state index in [2.05, 4.69) is 38.7 Å². The van der Waals surface area contributed by atoms with E-state index in [0.717, 1.165) is 45.5 Å². The lowest BCUT2D eigenvalue weighted by molar-refractivity contribution is 0.0600. The lowest BCUT2D eigenvalue weighted by atomic mass is 9.87. The van der Waals surface area contributed by atoms with E-state index in [1.165, 1.54) is 7.11 Å². The Morgan fingerprint density at radius 1 is 1.02 bits per heavy atom. The average Bonchev–Trinajstić information content (AvgIpc) is 3.67. The van der Waals surface area contributed by atoms with Crippen LogP contribution in [0.4, 0.5) is 0 Å². The van der Waals surface area contributed by atoms with Crippen molar-refractivity contribution >= 4 is 24.0 Å². The van der Waals surface area contributed by atoms with Gasteiger partial charge in [0.05, 0.1) is 30.1 Å². The summed E-state index contributed by atoms with van der Waals surface area (Å²) in [7, 11) is 1.35. The SMILES string of the molecule is CCc1cccc2c1CC(c1[nH]nc(/C=C/c3nnc(-c4ccc(C)cc4)o3)c1-c1ccc(C(=O)OC)cc1)NC2=O. The maximum atomic E-state index is 13.2. The monoisotopic (exact) mass is 559 g/mol. The number of hydrogen-bond acceptors (Lipinski definition) is 7. The van der Waals surface area contributed by atoms with E-state index < -0.39 is 5.97 Å². The van der Waals surface area contributed by atoms with Crippen molar-refractivity contribution in [3.8, 4) is 22.6 Å². The fourth-order valence-electron chi connectivity index (χ4n) is 5.29. The molecule has 1 atom stereocenters. The highest BCUT2D eigenvalue weighted by molar-refractivity contribution is 5.98. The van der Waals surface area contributed by atoms with Gasteiger partial charge in [0.1, 0.15) is 0 Å². The van der Waals surface area contributed by atoms with Gasteiger partial charge in [-0.1, -0.05) is 48.9 Å². The van der Waals surface area contributed by atoms with Crippen LogP contribution in [0.5, 0.6) is 0 Å². The van der Waals surface area contributed by atoms with E-state index in [4.69, 9.17) is 9.15 Å². The van der Waals surface area contributed by atoms with Gasteiger partial charge >= 0.3 is 5.97 Å².